The van der Waals surface area contributed by atoms with Gasteiger partial charge in [0.2, 0.25) is 17.7 Å². The van der Waals surface area contributed by atoms with Crippen molar-refractivity contribution in [2.75, 3.05) is 39.4 Å². The van der Waals surface area contributed by atoms with Crippen LogP contribution >= 0.6 is 0 Å². The van der Waals surface area contributed by atoms with Gasteiger partial charge in [-0.2, -0.15) is 0 Å². The van der Waals surface area contributed by atoms with E-state index in [9.17, 15) is 29.4 Å². The molecule has 12 nitrogen and oxygen atoms in total. The van der Waals surface area contributed by atoms with Gasteiger partial charge in [0, 0.05) is 56.6 Å². The third kappa shape index (κ3) is 11.3. The van der Waals surface area contributed by atoms with Crippen molar-refractivity contribution >= 4 is 24.2 Å². The van der Waals surface area contributed by atoms with Gasteiger partial charge in [0.15, 0.2) is 0 Å². The predicted octanol–water partition coefficient (Wildman–Crippen LogP) is 2.28. The van der Waals surface area contributed by atoms with E-state index in [2.05, 4.69) is 5.32 Å². The van der Waals surface area contributed by atoms with Crippen molar-refractivity contribution in [3.63, 3.8) is 0 Å². The summed E-state index contributed by atoms with van der Waals surface area (Å²) in [5.74, 6) is -0.514. The van der Waals surface area contributed by atoms with E-state index in [1.807, 2.05) is 49.6 Å². The number of likely N-dealkylation sites (tertiary alicyclic amines) is 2. The quantitative estimate of drug-likeness (QED) is 0.0869. The fourth-order valence-corrected chi connectivity index (χ4v) is 6.50. The number of aliphatic hydroxyl groups is 2. The van der Waals surface area contributed by atoms with Gasteiger partial charge in [-0.1, -0.05) is 44.1 Å². The Morgan fingerprint density at radius 3 is 2.38 bits per heavy atom. The van der Waals surface area contributed by atoms with Gasteiger partial charge in [-0.05, 0) is 46.1 Å². The van der Waals surface area contributed by atoms with Crippen LogP contribution < -0.4 is 5.32 Å². The van der Waals surface area contributed by atoms with Crippen LogP contribution in [0, 0.1) is 11.3 Å². The maximum atomic E-state index is 13.0. The Balaban J connectivity index is 1.44. The van der Waals surface area contributed by atoms with Gasteiger partial charge >= 0.3 is 0 Å². The molecular weight excluding hydrogens is 606 g/mol. The van der Waals surface area contributed by atoms with Crippen LogP contribution in [-0.2, 0) is 33.4 Å². The Morgan fingerprint density at radius 2 is 1.77 bits per heavy atom. The van der Waals surface area contributed by atoms with Gasteiger partial charge in [-0.15, -0.1) is 0 Å². The zero-order chi connectivity index (χ0) is 34.6. The Labute approximate surface area is 279 Å². The number of carbonyl (C=O) groups excluding carboxylic acids is 4. The van der Waals surface area contributed by atoms with Crippen LogP contribution in [0.3, 0.4) is 0 Å². The Bertz CT molecular complexity index is 1140. The molecule has 3 aliphatic heterocycles. The van der Waals surface area contributed by atoms with Crippen LogP contribution in [0.25, 0.3) is 0 Å². The number of amides is 3. The second-order valence-electron chi connectivity index (χ2n) is 13.3. The molecule has 0 aromatic carbocycles. The van der Waals surface area contributed by atoms with Crippen LogP contribution in [0.5, 0.6) is 0 Å². The van der Waals surface area contributed by atoms with E-state index < -0.39 is 30.3 Å². The first-order valence-corrected chi connectivity index (χ1v) is 17.0. The average molecular weight is 662 g/mol. The first-order valence-electron chi connectivity index (χ1n) is 17.0. The van der Waals surface area contributed by atoms with Crippen molar-refractivity contribution in [1.82, 2.24) is 15.1 Å². The molecule has 12 heteroatoms. The number of carbonyl (C=O) groups is 4. The van der Waals surface area contributed by atoms with Crippen LogP contribution in [-0.4, -0.2) is 120 Å². The molecule has 4 unspecified atom stereocenters. The molecule has 3 amide bonds. The largest absolute Gasteiger partial charge is 0.461 e. The minimum absolute atomic E-state index is 0.00185. The standard InChI is InChI=1S/C35H55N3O9/c1-6-9-29(36-31(41)14-12-25(4)46-23-40)26(5)45-15-8-10-24(3)11-13-30-34(44)27(18-39)16-28(47-30)17-33(43)38-21-35(22-38)19-37(20-35)32(42)7-2/h10-14,23,25-30,34,39,44H,6-9,15-22H2,1-5H3,(H,36,41)/b13-11+,14-12-,24-10+/t25?,26?,27?,28-,29?,30+,34-/m0/s1. The van der Waals surface area contributed by atoms with Gasteiger partial charge in [0.25, 0.3) is 6.47 Å². The zero-order valence-corrected chi connectivity index (χ0v) is 28.6. The van der Waals surface area contributed by atoms with E-state index >= 15 is 0 Å². The van der Waals surface area contributed by atoms with E-state index in [1.165, 1.54) is 12.2 Å². The number of nitrogens with one attached hydrogen (secondary N) is 1. The molecule has 0 aromatic heterocycles. The van der Waals surface area contributed by atoms with Crippen LogP contribution in [0.1, 0.15) is 73.1 Å². The van der Waals surface area contributed by atoms with Gasteiger partial charge in [-0.3, -0.25) is 19.2 Å². The number of ether oxygens (including phenoxy) is 3. The fraction of sp³-hybridized carbons (Fsp3) is 0.714. The lowest BCUT2D eigenvalue weighted by atomic mass is 9.72. The second-order valence-corrected chi connectivity index (χ2v) is 13.3. The van der Waals surface area contributed by atoms with Crippen LogP contribution in [0.15, 0.2) is 36.0 Å². The van der Waals surface area contributed by atoms with E-state index in [-0.39, 0.29) is 48.3 Å². The molecule has 3 N–H and O–H groups in total. The first kappa shape index (κ1) is 38.4. The van der Waals surface area contributed by atoms with E-state index in [1.54, 1.807) is 13.0 Å². The lowest BCUT2D eigenvalue weighted by Gasteiger charge is -2.60. The van der Waals surface area contributed by atoms with Crippen LogP contribution in [0.4, 0.5) is 0 Å². The molecular formula is C35H55N3O9. The molecule has 7 atom stereocenters. The van der Waals surface area contributed by atoms with E-state index in [0.29, 0.717) is 58.5 Å². The summed E-state index contributed by atoms with van der Waals surface area (Å²) >= 11 is 0. The minimum atomic E-state index is -0.884. The molecule has 3 aliphatic rings. The topological polar surface area (TPSA) is 155 Å². The molecule has 0 aromatic rings. The summed E-state index contributed by atoms with van der Waals surface area (Å²) in [7, 11) is 0. The van der Waals surface area contributed by atoms with Gasteiger partial charge in [0.05, 0.1) is 37.4 Å². The third-order valence-electron chi connectivity index (χ3n) is 9.28. The van der Waals surface area contributed by atoms with Crippen molar-refractivity contribution in [3.8, 4) is 0 Å². The highest BCUT2D eigenvalue weighted by molar-refractivity contribution is 5.87. The maximum Gasteiger partial charge on any atom is 0.293 e. The van der Waals surface area contributed by atoms with E-state index in [0.717, 1.165) is 18.4 Å². The summed E-state index contributed by atoms with van der Waals surface area (Å²) in [4.78, 5) is 51.3. The third-order valence-corrected chi connectivity index (χ3v) is 9.28. The molecule has 47 heavy (non-hydrogen) atoms. The molecule has 0 saturated carbocycles. The molecule has 0 aliphatic carbocycles. The molecule has 3 fully saturated rings. The average Bonchev–Trinajstić information content (AvgIpc) is 3.00. The molecule has 3 heterocycles. The zero-order valence-electron chi connectivity index (χ0n) is 28.6. The molecule has 264 valence electrons. The van der Waals surface area contributed by atoms with Crippen molar-refractivity contribution in [1.29, 1.82) is 0 Å². The fourth-order valence-electron chi connectivity index (χ4n) is 6.50. The molecule has 3 rings (SSSR count). The summed E-state index contributed by atoms with van der Waals surface area (Å²) < 4.78 is 16.9. The summed E-state index contributed by atoms with van der Waals surface area (Å²) in [6, 6.07) is -0.170. The van der Waals surface area contributed by atoms with Crippen molar-refractivity contribution in [2.24, 2.45) is 11.3 Å². The highest BCUT2D eigenvalue weighted by Gasteiger charge is 2.54. The monoisotopic (exact) mass is 661 g/mol. The number of rotatable bonds is 18. The second kappa shape index (κ2) is 18.5. The normalized spacial score (nSPS) is 26.1. The highest BCUT2D eigenvalue weighted by atomic mass is 16.5. The highest BCUT2D eigenvalue weighted by Crippen LogP contribution is 2.40. The molecule has 0 bridgehead atoms. The first-order chi connectivity index (χ1) is 22.4. The summed E-state index contributed by atoms with van der Waals surface area (Å²) in [6.07, 6.45) is 9.26. The van der Waals surface area contributed by atoms with Gasteiger partial charge in [0.1, 0.15) is 12.2 Å². The van der Waals surface area contributed by atoms with Gasteiger partial charge in [-0.25, -0.2) is 0 Å². The minimum Gasteiger partial charge on any atom is -0.461 e. The SMILES string of the molecule is CCCC(NC(=O)/C=C\C(C)OC=O)C(C)OCC/C=C(C)/C=C/[C@H]1O[C@H](CC(=O)N2CC3(CN(C(=O)CC)C3)C2)CC(CO)[C@@H]1O. The van der Waals surface area contributed by atoms with E-state index in [4.69, 9.17) is 14.2 Å². The van der Waals surface area contributed by atoms with Crippen molar-refractivity contribution in [2.45, 2.75) is 110 Å². The van der Waals surface area contributed by atoms with Crippen LogP contribution in [0.2, 0.25) is 0 Å². The number of aliphatic hydroxyl groups excluding tert-OH is 2. The Hall–Kier alpha value is -3.06. The van der Waals surface area contributed by atoms with Gasteiger partial charge < -0.3 is 39.5 Å². The molecule has 1 spiro atoms. The number of allylic oxidation sites excluding steroid dienone is 2. The number of nitrogens with zero attached hydrogens (tertiary/aromatic N) is 2. The lowest BCUT2D eigenvalue weighted by molar-refractivity contribution is -0.174. The Morgan fingerprint density at radius 1 is 1.09 bits per heavy atom. The number of hydrogen-bond acceptors (Lipinski definition) is 9. The summed E-state index contributed by atoms with van der Waals surface area (Å²) in [5, 5.41) is 23.7. The summed E-state index contributed by atoms with van der Waals surface area (Å²) in [6.45, 7) is 12.8. The summed E-state index contributed by atoms with van der Waals surface area (Å²) in [5.41, 5.74) is 0.988. The predicted molar refractivity (Wildman–Crippen MR) is 176 cm³/mol. The van der Waals surface area contributed by atoms with Crippen molar-refractivity contribution < 1.29 is 43.6 Å². The molecule has 3 saturated heterocycles. The molecule has 0 radical (unpaired) electrons. The smallest absolute Gasteiger partial charge is 0.293 e. The maximum absolute atomic E-state index is 13.0. The number of hydrogen-bond donors (Lipinski definition) is 3. The lowest BCUT2D eigenvalue weighted by Crippen LogP contribution is -2.73. The Kier molecular flexibility index (Phi) is 15.1. The van der Waals surface area contributed by atoms with Crippen molar-refractivity contribution in [3.05, 3.63) is 36.0 Å².